The number of rotatable bonds is 3. The maximum atomic E-state index is 11.3. The maximum absolute atomic E-state index is 11.3. The number of esters is 1. The molecule has 1 aliphatic rings. The summed E-state index contributed by atoms with van der Waals surface area (Å²) in [6.07, 6.45) is 7.04. The molecule has 0 amide bonds. The normalized spacial score (nSPS) is 19.7. The van der Waals surface area contributed by atoms with Crippen molar-refractivity contribution in [1.29, 1.82) is 0 Å². The lowest BCUT2D eigenvalue weighted by atomic mass is 10.1. The van der Waals surface area contributed by atoms with Gasteiger partial charge in [0.15, 0.2) is 0 Å². The highest BCUT2D eigenvalue weighted by Crippen LogP contribution is 2.48. The number of carbonyl (C=O) groups is 1. The summed E-state index contributed by atoms with van der Waals surface area (Å²) in [7, 11) is 0. The van der Waals surface area contributed by atoms with Gasteiger partial charge in [-0.3, -0.25) is 0 Å². The van der Waals surface area contributed by atoms with Gasteiger partial charge in [-0.05, 0) is 45.4 Å². The number of allylic oxidation sites excluding steroid dienone is 1. The molecular weight excluding hydrogens is 176 g/mol. The number of carbonyl (C=O) groups excluding carboxylic acids is 1. The second-order valence-electron chi connectivity index (χ2n) is 5.45. The topological polar surface area (TPSA) is 26.3 Å². The molecule has 0 aromatic carbocycles. The molecule has 0 saturated heterocycles. The van der Waals surface area contributed by atoms with Crippen LogP contribution >= 0.6 is 0 Å². The Labute approximate surface area is 86.3 Å². The van der Waals surface area contributed by atoms with Gasteiger partial charge in [0.25, 0.3) is 0 Å². The standard InChI is InChI=1S/C12H20O2/c1-11(2,3)14-10(13)6-5-7-12(4)8-9-12/h5-6H,7-9H2,1-4H3. The Morgan fingerprint density at radius 1 is 1.43 bits per heavy atom. The van der Waals surface area contributed by atoms with Crippen LogP contribution in [0.5, 0.6) is 0 Å². The van der Waals surface area contributed by atoms with Crippen LogP contribution in [-0.2, 0) is 9.53 Å². The molecule has 0 radical (unpaired) electrons. The van der Waals surface area contributed by atoms with Gasteiger partial charge >= 0.3 is 5.97 Å². The molecule has 0 aromatic rings. The molecule has 0 aromatic heterocycles. The Kier molecular flexibility index (Phi) is 3.03. The van der Waals surface area contributed by atoms with Gasteiger partial charge in [0.1, 0.15) is 5.60 Å². The molecule has 0 bridgehead atoms. The van der Waals surface area contributed by atoms with E-state index in [2.05, 4.69) is 6.92 Å². The first-order valence-corrected chi connectivity index (χ1v) is 5.20. The van der Waals surface area contributed by atoms with Crippen LogP contribution in [0.4, 0.5) is 0 Å². The zero-order valence-corrected chi connectivity index (χ0v) is 9.59. The Balaban J connectivity index is 2.26. The second kappa shape index (κ2) is 3.76. The predicted octanol–water partition coefficient (Wildman–Crippen LogP) is 3.07. The molecule has 2 nitrogen and oxygen atoms in total. The van der Waals surface area contributed by atoms with E-state index < -0.39 is 0 Å². The van der Waals surface area contributed by atoms with Crippen LogP contribution in [-0.4, -0.2) is 11.6 Å². The first kappa shape index (κ1) is 11.3. The van der Waals surface area contributed by atoms with Crippen LogP contribution in [0, 0.1) is 5.41 Å². The summed E-state index contributed by atoms with van der Waals surface area (Å²) in [5.74, 6) is -0.234. The lowest BCUT2D eigenvalue weighted by Crippen LogP contribution is -2.22. The number of ether oxygens (including phenoxy) is 1. The Bertz CT molecular complexity index is 242. The maximum Gasteiger partial charge on any atom is 0.330 e. The third kappa shape index (κ3) is 4.45. The van der Waals surface area contributed by atoms with E-state index in [0.717, 1.165) is 6.42 Å². The van der Waals surface area contributed by atoms with Crippen molar-refractivity contribution in [2.75, 3.05) is 0 Å². The summed E-state index contributed by atoms with van der Waals surface area (Å²) in [5.41, 5.74) is 0.0867. The predicted molar refractivity (Wildman–Crippen MR) is 56.9 cm³/mol. The van der Waals surface area contributed by atoms with Crippen molar-refractivity contribution in [1.82, 2.24) is 0 Å². The molecule has 1 aliphatic carbocycles. The molecule has 0 heterocycles. The van der Waals surface area contributed by atoms with Crippen molar-refractivity contribution in [2.45, 2.75) is 52.6 Å². The fourth-order valence-corrected chi connectivity index (χ4v) is 1.19. The molecule has 0 unspecified atom stereocenters. The van der Waals surface area contributed by atoms with Gasteiger partial charge in [-0.15, -0.1) is 0 Å². The summed E-state index contributed by atoms with van der Waals surface area (Å²) in [5, 5.41) is 0. The average Bonchev–Trinajstić information content (AvgIpc) is 2.64. The third-order valence-corrected chi connectivity index (χ3v) is 2.37. The van der Waals surface area contributed by atoms with E-state index in [4.69, 9.17) is 4.74 Å². The largest absolute Gasteiger partial charge is 0.457 e. The minimum atomic E-state index is -0.384. The second-order valence-corrected chi connectivity index (χ2v) is 5.45. The van der Waals surface area contributed by atoms with Gasteiger partial charge in [-0.1, -0.05) is 13.0 Å². The van der Waals surface area contributed by atoms with Gasteiger partial charge < -0.3 is 4.74 Å². The summed E-state index contributed by atoms with van der Waals surface area (Å²) >= 11 is 0. The zero-order chi connectivity index (χ0) is 10.8. The lowest BCUT2D eigenvalue weighted by Gasteiger charge is -2.17. The van der Waals surface area contributed by atoms with Crippen LogP contribution in [0.3, 0.4) is 0 Å². The van der Waals surface area contributed by atoms with E-state index in [1.165, 1.54) is 12.8 Å². The van der Waals surface area contributed by atoms with E-state index in [1.54, 1.807) is 6.08 Å². The number of hydrogen-bond donors (Lipinski definition) is 0. The van der Waals surface area contributed by atoms with Crippen LogP contribution in [0.1, 0.15) is 47.0 Å². The molecule has 1 saturated carbocycles. The van der Waals surface area contributed by atoms with Crippen LogP contribution < -0.4 is 0 Å². The fourth-order valence-electron chi connectivity index (χ4n) is 1.19. The Morgan fingerprint density at radius 2 is 2.00 bits per heavy atom. The van der Waals surface area contributed by atoms with Gasteiger partial charge in [-0.2, -0.15) is 0 Å². The van der Waals surface area contributed by atoms with Gasteiger partial charge in [0.05, 0.1) is 0 Å². The van der Waals surface area contributed by atoms with Gasteiger partial charge in [-0.25, -0.2) is 4.79 Å². The first-order chi connectivity index (χ1) is 6.31. The van der Waals surface area contributed by atoms with Crippen molar-refractivity contribution >= 4 is 5.97 Å². The van der Waals surface area contributed by atoms with E-state index in [1.807, 2.05) is 26.8 Å². The van der Waals surface area contributed by atoms with E-state index in [-0.39, 0.29) is 11.6 Å². The van der Waals surface area contributed by atoms with Crippen molar-refractivity contribution in [2.24, 2.45) is 5.41 Å². The fraction of sp³-hybridized carbons (Fsp3) is 0.750. The molecule has 14 heavy (non-hydrogen) atoms. The van der Waals surface area contributed by atoms with Gasteiger partial charge in [0.2, 0.25) is 0 Å². The molecule has 2 heteroatoms. The summed E-state index contributed by atoms with van der Waals surface area (Å²) < 4.78 is 5.15. The Hall–Kier alpha value is -0.790. The van der Waals surface area contributed by atoms with Crippen LogP contribution in [0.2, 0.25) is 0 Å². The lowest BCUT2D eigenvalue weighted by molar-refractivity contribution is -0.148. The van der Waals surface area contributed by atoms with Crippen molar-refractivity contribution in [3.63, 3.8) is 0 Å². The molecule has 0 spiro atoms. The highest BCUT2D eigenvalue weighted by Gasteiger charge is 2.35. The highest BCUT2D eigenvalue weighted by atomic mass is 16.6. The van der Waals surface area contributed by atoms with Gasteiger partial charge in [0, 0.05) is 6.08 Å². The quantitative estimate of drug-likeness (QED) is 0.512. The molecule has 0 N–H and O–H groups in total. The molecule has 1 fully saturated rings. The number of hydrogen-bond acceptors (Lipinski definition) is 2. The third-order valence-electron chi connectivity index (χ3n) is 2.37. The summed E-state index contributed by atoms with van der Waals surface area (Å²) in [6.45, 7) is 7.87. The molecular formula is C12H20O2. The highest BCUT2D eigenvalue weighted by molar-refractivity contribution is 5.82. The van der Waals surface area contributed by atoms with E-state index in [0.29, 0.717) is 5.41 Å². The zero-order valence-electron chi connectivity index (χ0n) is 9.59. The smallest absolute Gasteiger partial charge is 0.330 e. The SMILES string of the molecule is CC1(CC=CC(=O)OC(C)(C)C)CC1. The first-order valence-electron chi connectivity index (χ1n) is 5.20. The minimum Gasteiger partial charge on any atom is -0.457 e. The van der Waals surface area contributed by atoms with Crippen LogP contribution in [0.15, 0.2) is 12.2 Å². The molecule has 0 aliphatic heterocycles. The monoisotopic (exact) mass is 196 g/mol. The van der Waals surface area contributed by atoms with Crippen molar-refractivity contribution < 1.29 is 9.53 Å². The van der Waals surface area contributed by atoms with Crippen molar-refractivity contribution in [3.05, 3.63) is 12.2 Å². The van der Waals surface area contributed by atoms with Crippen molar-refractivity contribution in [3.8, 4) is 0 Å². The minimum absolute atomic E-state index is 0.234. The van der Waals surface area contributed by atoms with E-state index in [9.17, 15) is 4.79 Å². The average molecular weight is 196 g/mol. The Morgan fingerprint density at radius 3 is 2.43 bits per heavy atom. The van der Waals surface area contributed by atoms with E-state index >= 15 is 0 Å². The summed E-state index contributed by atoms with van der Waals surface area (Å²) in [4.78, 5) is 11.3. The molecule has 0 atom stereocenters. The summed E-state index contributed by atoms with van der Waals surface area (Å²) in [6, 6.07) is 0. The molecule has 1 rings (SSSR count). The molecule has 80 valence electrons. The van der Waals surface area contributed by atoms with Crippen LogP contribution in [0.25, 0.3) is 0 Å².